The van der Waals surface area contributed by atoms with Gasteiger partial charge in [-0.15, -0.1) is 0 Å². The molecular weight excluding hydrogens is 390 g/mol. The maximum Gasteiger partial charge on any atom is 0.325 e. The molecule has 2 aliphatic rings. The van der Waals surface area contributed by atoms with E-state index in [0.717, 1.165) is 34.4 Å². The van der Waals surface area contributed by atoms with E-state index in [1.54, 1.807) is 4.90 Å². The van der Waals surface area contributed by atoms with Crippen LogP contribution in [0.2, 0.25) is 0 Å². The minimum absolute atomic E-state index is 0.209. The number of imide groups is 1. The predicted octanol–water partition coefficient (Wildman–Crippen LogP) is 3.21. The molecule has 1 saturated heterocycles. The van der Waals surface area contributed by atoms with Crippen LogP contribution in [-0.4, -0.2) is 46.3 Å². The van der Waals surface area contributed by atoms with Gasteiger partial charge in [0.05, 0.1) is 0 Å². The summed E-state index contributed by atoms with van der Waals surface area (Å²) >= 11 is 0. The van der Waals surface area contributed by atoms with Gasteiger partial charge in [0.15, 0.2) is 0 Å². The van der Waals surface area contributed by atoms with E-state index in [-0.39, 0.29) is 18.4 Å². The van der Waals surface area contributed by atoms with Gasteiger partial charge in [-0.25, -0.2) is 4.79 Å². The molecule has 1 atom stereocenters. The van der Waals surface area contributed by atoms with E-state index in [2.05, 4.69) is 11.4 Å². The summed E-state index contributed by atoms with van der Waals surface area (Å²) in [5, 5.41) is 2.91. The zero-order chi connectivity index (χ0) is 22.0. The standard InChI is InChI=1S/C25H29N3O3/c1-3-14-27(16-19-10-8-18(2)9-11-19)22(29)17-28-23(30)25(26-24(28)31)13-12-20-6-4-5-7-21(20)15-25/h4-11H,3,12-17H2,1-2H3,(H,26,31). The molecule has 1 spiro atoms. The quantitative estimate of drug-likeness (QED) is 0.731. The first kappa shape index (κ1) is 21.1. The van der Waals surface area contributed by atoms with E-state index in [1.165, 1.54) is 5.56 Å². The first-order valence-corrected chi connectivity index (χ1v) is 11.0. The summed E-state index contributed by atoms with van der Waals surface area (Å²) in [5.41, 5.74) is 3.57. The van der Waals surface area contributed by atoms with Gasteiger partial charge < -0.3 is 10.2 Å². The van der Waals surface area contributed by atoms with Gasteiger partial charge in [-0.2, -0.15) is 0 Å². The number of hydrogen-bond donors (Lipinski definition) is 1. The van der Waals surface area contributed by atoms with Crippen molar-refractivity contribution in [2.24, 2.45) is 0 Å². The van der Waals surface area contributed by atoms with Crippen molar-refractivity contribution < 1.29 is 14.4 Å². The van der Waals surface area contributed by atoms with Crippen LogP contribution in [0, 0.1) is 6.92 Å². The third-order valence-electron chi connectivity index (χ3n) is 6.31. The zero-order valence-corrected chi connectivity index (χ0v) is 18.2. The van der Waals surface area contributed by atoms with E-state index in [1.807, 2.05) is 56.3 Å². The molecule has 0 saturated carbocycles. The summed E-state index contributed by atoms with van der Waals surface area (Å²) in [6.45, 7) is 4.86. The smallest absolute Gasteiger partial charge is 0.325 e. The lowest BCUT2D eigenvalue weighted by Crippen LogP contribution is -2.51. The van der Waals surface area contributed by atoms with Crippen molar-refractivity contribution in [3.8, 4) is 0 Å². The number of fused-ring (bicyclic) bond motifs is 1. The maximum absolute atomic E-state index is 13.3. The summed E-state index contributed by atoms with van der Waals surface area (Å²) < 4.78 is 0. The first-order valence-electron chi connectivity index (χ1n) is 11.0. The average molecular weight is 420 g/mol. The summed E-state index contributed by atoms with van der Waals surface area (Å²) in [4.78, 5) is 41.9. The van der Waals surface area contributed by atoms with Gasteiger partial charge in [0, 0.05) is 19.5 Å². The number of carbonyl (C=O) groups excluding carboxylic acids is 3. The first-order chi connectivity index (χ1) is 14.9. The van der Waals surface area contributed by atoms with Crippen LogP contribution in [0.1, 0.15) is 42.0 Å². The third kappa shape index (κ3) is 4.20. The van der Waals surface area contributed by atoms with Crippen molar-refractivity contribution in [2.75, 3.05) is 13.1 Å². The van der Waals surface area contributed by atoms with E-state index in [0.29, 0.717) is 25.9 Å². The number of amides is 4. The molecule has 162 valence electrons. The molecule has 0 radical (unpaired) electrons. The highest BCUT2D eigenvalue weighted by molar-refractivity contribution is 6.09. The molecule has 0 aromatic heterocycles. The minimum atomic E-state index is -0.932. The van der Waals surface area contributed by atoms with Crippen molar-refractivity contribution >= 4 is 17.8 Å². The van der Waals surface area contributed by atoms with Gasteiger partial charge in [-0.05, 0) is 42.9 Å². The van der Waals surface area contributed by atoms with E-state index < -0.39 is 11.6 Å². The van der Waals surface area contributed by atoms with Gasteiger partial charge >= 0.3 is 6.03 Å². The normalized spacial score (nSPS) is 20.0. The third-order valence-corrected chi connectivity index (χ3v) is 6.31. The Morgan fingerprint density at radius 3 is 2.52 bits per heavy atom. The van der Waals surface area contributed by atoms with Crippen LogP contribution in [-0.2, 0) is 29.0 Å². The van der Waals surface area contributed by atoms with Crippen LogP contribution in [0.15, 0.2) is 48.5 Å². The number of aryl methyl sites for hydroxylation is 2. The number of rotatable bonds is 6. The molecule has 6 nitrogen and oxygen atoms in total. The van der Waals surface area contributed by atoms with Crippen LogP contribution in [0.4, 0.5) is 4.79 Å². The zero-order valence-electron chi connectivity index (χ0n) is 18.2. The van der Waals surface area contributed by atoms with Crippen LogP contribution in [0.25, 0.3) is 0 Å². The summed E-state index contributed by atoms with van der Waals surface area (Å²) in [5.74, 6) is -0.494. The van der Waals surface area contributed by atoms with Crippen molar-refractivity contribution in [1.82, 2.24) is 15.1 Å². The highest BCUT2D eigenvalue weighted by Crippen LogP contribution is 2.33. The molecule has 0 bridgehead atoms. The minimum Gasteiger partial charge on any atom is -0.337 e. The van der Waals surface area contributed by atoms with Crippen LogP contribution in [0.3, 0.4) is 0 Å². The van der Waals surface area contributed by atoms with Gasteiger partial charge in [0.25, 0.3) is 5.91 Å². The highest BCUT2D eigenvalue weighted by Gasteiger charge is 2.52. The molecule has 2 aromatic carbocycles. The number of nitrogens with zero attached hydrogens (tertiary/aromatic N) is 2. The average Bonchev–Trinajstić information content (AvgIpc) is 2.98. The highest BCUT2D eigenvalue weighted by atomic mass is 16.2. The lowest BCUT2D eigenvalue weighted by Gasteiger charge is -2.32. The molecule has 2 aromatic rings. The van der Waals surface area contributed by atoms with Crippen molar-refractivity contribution in [1.29, 1.82) is 0 Å². The Labute approximate surface area is 183 Å². The fraction of sp³-hybridized carbons (Fsp3) is 0.400. The SMILES string of the molecule is CCCN(Cc1ccc(C)cc1)C(=O)CN1C(=O)NC2(CCc3ccccc3C2)C1=O. The topological polar surface area (TPSA) is 69.7 Å². The fourth-order valence-electron chi connectivity index (χ4n) is 4.56. The Hall–Kier alpha value is -3.15. The molecule has 1 aliphatic carbocycles. The molecule has 1 fully saturated rings. The lowest BCUT2D eigenvalue weighted by molar-refractivity contribution is -0.139. The molecule has 1 N–H and O–H groups in total. The number of hydrogen-bond acceptors (Lipinski definition) is 3. The molecule has 4 amide bonds. The number of nitrogens with one attached hydrogen (secondary N) is 1. The molecule has 1 unspecified atom stereocenters. The summed E-state index contributed by atoms with van der Waals surface area (Å²) in [6.07, 6.45) is 2.57. The van der Waals surface area contributed by atoms with Crippen molar-refractivity contribution in [3.63, 3.8) is 0 Å². The molecule has 31 heavy (non-hydrogen) atoms. The maximum atomic E-state index is 13.3. The van der Waals surface area contributed by atoms with Crippen molar-refractivity contribution in [3.05, 3.63) is 70.8 Å². The Morgan fingerprint density at radius 1 is 1.10 bits per heavy atom. The second-order valence-electron chi connectivity index (χ2n) is 8.65. The predicted molar refractivity (Wildman–Crippen MR) is 118 cm³/mol. The van der Waals surface area contributed by atoms with Gasteiger partial charge in [-0.3, -0.25) is 14.5 Å². The number of carbonyl (C=O) groups is 3. The van der Waals surface area contributed by atoms with Crippen molar-refractivity contribution in [2.45, 2.75) is 51.6 Å². The summed E-state index contributed by atoms with van der Waals surface area (Å²) in [6, 6.07) is 15.6. The van der Waals surface area contributed by atoms with E-state index >= 15 is 0 Å². The van der Waals surface area contributed by atoms with E-state index in [9.17, 15) is 14.4 Å². The fourth-order valence-corrected chi connectivity index (χ4v) is 4.56. The molecule has 1 aliphatic heterocycles. The second-order valence-corrected chi connectivity index (χ2v) is 8.65. The molecule has 4 rings (SSSR count). The van der Waals surface area contributed by atoms with Crippen LogP contribution < -0.4 is 5.32 Å². The second kappa shape index (κ2) is 8.53. The van der Waals surface area contributed by atoms with Gasteiger partial charge in [0.1, 0.15) is 12.1 Å². The Bertz CT molecular complexity index is 1000. The largest absolute Gasteiger partial charge is 0.337 e. The Balaban J connectivity index is 1.47. The van der Waals surface area contributed by atoms with Crippen LogP contribution in [0.5, 0.6) is 0 Å². The number of benzene rings is 2. The summed E-state index contributed by atoms with van der Waals surface area (Å²) in [7, 11) is 0. The molecule has 6 heteroatoms. The van der Waals surface area contributed by atoms with Crippen LogP contribution >= 0.6 is 0 Å². The lowest BCUT2D eigenvalue weighted by atomic mass is 9.78. The number of urea groups is 1. The van der Waals surface area contributed by atoms with Gasteiger partial charge in [-0.1, -0.05) is 61.0 Å². The Morgan fingerprint density at radius 2 is 1.81 bits per heavy atom. The molecular formula is C25H29N3O3. The Kier molecular flexibility index (Phi) is 5.81. The van der Waals surface area contributed by atoms with E-state index in [4.69, 9.17) is 0 Å². The monoisotopic (exact) mass is 419 g/mol. The van der Waals surface area contributed by atoms with Gasteiger partial charge in [0.2, 0.25) is 5.91 Å². The molecule has 1 heterocycles.